The SMILES string of the molecule is CCC(C)CC(C)Nc1c(C)cccc1N. The molecule has 2 heteroatoms. The van der Waals surface area contributed by atoms with Gasteiger partial charge in [0, 0.05) is 6.04 Å². The molecule has 1 aromatic rings. The van der Waals surface area contributed by atoms with Crippen molar-refractivity contribution in [2.75, 3.05) is 11.1 Å². The number of nitrogen functional groups attached to an aromatic ring is 1. The van der Waals surface area contributed by atoms with Crippen molar-refractivity contribution in [3.05, 3.63) is 23.8 Å². The average Bonchev–Trinajstić information content (AvgIpc) is 2.23. The summed E-state index contributed by atoms with van der Waals surface area (Å²) in [6.07, 6.45) is 2.42. The van der Waals surface area contributed by atoms with Crippen molar-refractivity contribution in [3.63, 3.8) is 0 Å². The monoisotopic (exact) mass is 220 g/mol. The summed E-state index contributed by atoms with van der Waals surface area (Å²) in [6.45, 7) is 8.84. The highest BCUT2D eigenvalue weighted by molar-refractivity contribution is 5.70. The smallest absolute Gasteiger partial charge is 0.0605 e. The molecule has 0 aliphatic rings. The van der Waals surface area contributed by atoms with E-state index in [0.29, 0.717) is 6.04 Å². The van der Waals surface area contributed by atoms with Crippen LogP contribution in [-0.4, -0.2) is 6.04 Å². The lowest BCUT2D eigenvalue weighted by Crippen LogP contribution is -2.19. The molecule has 0 bridgehead atoms. The van der Waals surface area contributed by atoms with Crippen LogP contribution in [0.3, 0.4) is 0 Å². The molecule has 2 nitrogen and oxygen atoms in total. The molecule has 0 heterocycles. The van der Waals surface area contributed by atoms with Gasteiger partial charge in [-0.25, -0.2) is 0 Å². The van der Waals surface area contributed by atoms with Crippen molar-refractivity contribution < 1.29 is 0 Å². The van der Waals surface area contributed by atoms with E-state index in [-0.39, 0.29) is 0 Å². The van der Waals surface area contributed by atoms with Crippen LogP contribution in [0.15, 0.2) is 18.2 Å². The van der Waals surface area contributed by atoms with Crippen LogP contribution in [0.1, 0.15) is 39.2 Å². The molecule has 0 saturated heterocycles. The van der Waals surface area contributed by atoms with Gasteiger partial charge in [0.1, 0.15) is 0 Å². The average molecular weight is 220 g/mol. The predicted octanol–water partition coefficient (Wildman–Crippen LogP) is 3.81. The van der Waals surface area contributed by atoms with Gasteiger partial charge in [-0.1, -0.05) is 32.4 Å². The molecule has 0 saturated carbocycles. The van der Waals surface area contributed by atoms with E-state index in [4.69, 9.17) is 5.73 Å². The second-order valence-corrected chi connectivity index (χ2v) is 4.83. The van der Waals surface area contributed by atoms with Gasteiger partial charge >= 0.3 is 0 Å². The van der Waals surface area contributed by atoms with Crippen LogP contribution in [0, 0.1) is 12.8 Å². The van der Waals surface area contributed by atoms with Crippen molar-refractivity contribution in [2.45, 2.75) is 46.6 Å². The first kappa shape index (κ1) is 12.9. The van der Waals surface area contributed by atoms with E-state index >= 15 is 0 Å². The molecule has 0 aromatic heterocycles. The van der Waals surface area contributed by atoms with Crippen LogP contribution < -0.4 is 11.1 Å². The summed E-state index contributed by atoms with van der Waals surface area (Å²) in [6, 6.07) is 6.51. The van der Waals surface area contributed by atoms with Gasteiger partial charge in [-0.15, -0.1) is 0 Å². The fourth-order valence-electron chi connectivity index (χ4n) is 1.96. The molecule has 16 heavy (non-hydrogen) atoms. The van der Waals surface area contributed by atoms with Crippen LogP contribution >= 0.6 is 0 Å². The lowest BCUT2D eigenvalue weighted by molar-refractivity contribution is 0.484. The van der Waals surface area contributed by atoms with Gasteiger partial charge in [0.05, 0.1) is 11.4 Å². The normalized spacial score (nSPS) is 14.5. The Morgan fingerprint density at radius 3 is 2.56 bits per heavy atom. The van der Waals surface area contributed by atoms with Crippen molar-refractivity contribution in [1.82, 2.24) is 0 Å². The summed E-state index contributed by atoms with van der Waals surface area (Å²) in [5.41, 5.74) is 9.13. The van der Waals surface area contributed by atoms with Gasteiger partial charge in [-0.2, -0.15) is 0 Å². The second-order valence-electron chi connectivity index (χ2n) is 4.83. The quantitative estimate of drug-likeness (QED) is 0.740. The first-order valence-corrected chi connectivity index (χ1v) is 6.16. The maximum atomic E-state index is 5.97. The van der Waals surface area contributed by atoms with Crippen LogP contribution in [0.25, 0.3) is 0 Å². The molecular formula is C14H24N2. The Labute approximate surface area is 99.2 Å². The summed E-state index contributed by atoms with van der Waals surface area (Å²) in [7, 11) is 0. The molecule has 0 radical (unpaired) electrons. The van der Waals surface area contributed by atoms with Gasteiger partial charge in [-0.3, -0.25) is 0 Å². The Bertz CT molecular complexity index is 313. The van der Waals surface area contributed by atoms with E-state index in [1.54, 1.807) is 0 Å². The van der Waals surface area contributed by atoms with Gasteiger partial charge in [-0.05, 0) is 37.8 Å². The fraction of sp³-hybridized carbons (Fsp3) is 0.571. The van der Waals surface area contributed by atoms with Crippen molar-refractivity contribution in [3.8, 4) is 0 Å². The molecule has 0 amide bonds. The van der Waals surface area contributed by atoms with E-state index in [1.807, 2.05) is 12.1 Å². The van der Waals surface area contributed by atoms with Crippen LogP contribution in [0.4, 0.5) is 11.4 Å². The number of para-hydroxylation sites is 1. The Kier molecular flexibility index (Phi) is 4.66. The second kappa shape index (κ2) is 5.78. The zero-order valence-electron chi connectivity index (χ0n) is 10.9. The predicted molar refractivity (Wildman–Crippen MR) is 72.7 cm³/mol. The minimum absolute atomic E-state index is 0.471. The van der Waals surface area contributed by atoms with Crippen molar-refractivity contribution >= 4 is 11.4 Å². The largest absolute Gasteiger partial charge is 0.397 e. The first-order chi connectivity index (χ1) is 7.54. The van der Waals surface area contributed by atoms with Crippen molar-refractivity contribution in [1.29, 1.82) is 0 Å². The number of aryl methyl sites for hydroxylation is 1. The summed E-state index contributed by atoms with van der Waals surface area (Å²) < 4.78 is 0. The number of hydrogen-bond donors (Lipinski definition) is 2. The van der Waals surface area contributed by atoms with E-state index in [9.17, 15) is 0 Å². The standard InChI is InChI=1S/C14H24N2/c1-5-10(2)9-12(4)16-14-11(3)7-6-8-13(14)15/h6-8,10,12,16H,5,9,15H2,1-4H3. The zero-order chi connectivity index (χ0) is 12.1. The Morgan fingerprint density at radius 1 is 1.31 bits per heavy atom. The third kappa shape index (κ3) is 3.44. The fourth-order valence-corrected chi connectivity index (χ4v) is 1.96. The number of anilines is 2. The third-order valence-corrected chi connectivity index (χ3v) is 3.15. The molecule has 0 fully saturated rings. The van der Waals surface area contributed by atoms with Crippen LogP contribution in [-0.2, 0) is 0 Å². The maximum absolute atomic E-state index is 5.97. The molecule has 0 spiro atoms. The van der Waals surface area contributed by atoms with Gasteiger partial charge in [0.25, 0.3) is 0 Å². The minimum atomic E-state index is 0.471. The van der Waals surface area contributed by atoms with Crippen LogP contribution in [0.5, 0.6) is 0 Å². The van der Waals surface area contributed by atoms with Gasteiger partial charge in [0.15, 0.2) is 0 Å². The van der Waals surface area contributed by atoms with E-state index in [1.165, 1.54) is 18.4 Å². The summed E-state index contributed by atoms with van der Waals surface area (Å²) >= 11 is 0. The summed E-state index contributed by atoms with van der Waals surface area (Å²) in [5, 5.41) is 3.52. The first-order valence-electron chi connectivity index (χ1n) is 6.16. The number of rotatable bonds is 5. The lowest BCUT2D eigenvalue weighted by Gasteiger charge is -2.21. The third-order valence-electron chi connectivity index (χ3n) is 3.15. The van der Waals surface area contributed by atoms with Crippen LogP contribution in [0.2, 0.25) is 0 Å². The summed E-state index contributed by atoms with van der Waals surface area (Å²) in [5.74, 6) is 0.757. The number of nitrogens with one attached hydrogen (secondary N) is 1. The van der Waals surface area contributed by atoms with E-state index in [2.05, 4.69) is 39.1 Å². The topological polar surface area (TPSA) is 38.0 Å². The molecular weight excluding hydrogens is 196 g/mol. The Balaban J connectivity index is 2.66. The van der Waals surface area contributed by atoms with Gasteiger partial charge < -0.3 is 11.1 Å². The molecule has 90 valence electrons. The highest BCUT2D eigenvalue weighted by atomic mass is 14.9. The Morgan fingerprint density at radius 2 is 2.00 bits per heavy atom. The highest BCUT2D eigenvalue weighted by Crippen LogP contribution is 2.24. The maximum Gasteiger partial charge on any atom is 0.0605 e. The molecule has 3 N–H and O–H groups in total. The Hall–Kier alpha value is -1.18. The lowest BCUT2D eigenvalue weighted by atomic mass is 10.00. The van der Waals surface area contributed by atoms with E-state index in [0.717, 1.165) is 17.3 Å². The number of nitrogens with two attached hydrogens (primary N) is 1. The molecule has 1 aromatic carbocycles. The molecule has 2 atom stereocenters. The molecule has 0 aliphatic carbocycles. The van der Waals surface area contributed by atoms with Crippen molar-refractivity contribution in [2.24, 2.45) is 5.92 Å². The highest BCUT2D eigenvalue weighted by Gasteiger charge is 2.09. The minimum Gasteiger partial charge on any atom is -0.397 e. The molecule has 1 rings (SSSR count). The number of benzene rings is 1. The zero-order valence-corrected chi connectivity index (χ0v) is 10.9. The summed E-state index contributed by atoms with van der Waals surface area (Å²) in [4.78, 5) is 0. The van der Waals surface area contributed by atoms with Gasteiger partial charge in [0.2, 0.25) is 0 Å². The number of hydrogen-bond acceptors (Lipinski definition) is 2. The van der Waals surface area contributed by atoms with E-state index < -0.39 is 0 Å². The molecule has 2 unspecified atom stereocenters. The molecule has 0 aliphatic heterocycles.